The molecular weight excluding hydrogens is 942 g/mol. The van der Waals surface area contributed by atoms with Crippen molar-refractivity contribution in [2.24, 2.45) is 22.2 Å². The van der Waals surface area contributed by atoms with E-state index in [0.717, 1.165) is 4.57 Å². The van der Waals surface area contributed by atoms with Crippen LogP contribution >= 0.6 is 0 Å². The molecule has 6 bridgehead atoms. The Labute approximate surface area is 417 Å². The number of amides is 4. The largest absolute Gasteiger partial charge is 0.464 e. The third kappa shape index (κ3) is 12.3. The molecule has 4 heterocycles. The molecule has 5 atom stereocenters. The highest BCUT2D eigenvalue weighted by molar-refractivity contribution is 5.96. The molecule has 3 aliphatic rings. The molecule has 1 aromatic heterocycles. The Morgan fingerprint density at radius 2 is 1.76 bits per heavy atom. The van der Waals surface area contributed by atoms with Crippen molar-refractivity contribution in [3.63, 3.8) is 0 Å². The lowest BCUT2D eigenvalue weighted by Gasteiger charge is -2.37. The normalized spacial score (nSPS) is 21.1. The number of rotatable bonds is 13. The van der Waals surface area contributed by atoms with E-state index in [1.807, 2.05) is 0 Å². The maximum Gasteiger partial charge on any atom is 0.406 e. The highest BCUT2D eigenvalue weighted by Gasteiger charge is 2.41. The molecule has 390 valence electrons. The second-order valence-corrected chi connectivity index (χ2v) is 19.9. The van der Waals surface area contributed by atoms with E-state index >= 15 is 8.78 Å². The molecule has 0 unspecified atom stereocenters. The van der Waals surface area contributed by atoms with Gasteiger partial charge in [-0.2, -0.15) is 13.2 Å². The SMILES string of the molecule is C=CC(=O)N1CC[C@H](C(=O)N(C)[C@H](C(=O)N[C@H]2Cc3cc(cc(C(F)F)c3)-c3ccc4c(c3)c(c(/C(C=C)=C(/N=C\C)[C@H](C)OC)n4CC(F)(F)F)CC(C)(C)COC(=O)[C@@H]3CCCN(N3)C2=O)C(C)C)C1. The Balaban J connectivity index is 1.54. The van der Waals surface area contributed by atoms with E-state index in [-0.39, 0.29) is 78.7 Å². The van der Waals surface area contributed by atoms with Crippen molar-refractivity contribution >= 4 is 52.3 Å². The van der Waals surface area contributed by atoms with E-state index in [0.29, 0.717) is 41.6 Å². The molecule has 0 aliphatic carbocycles. The monoisotopic (exact) mass is 1010 g/mol. The molecule has 4 amide bonds. The Morgan fingerprint density at radius 3 is 2.39 bits per heavy atom. The van der Waals surface area contributed by atoms with Crippen molar-refractivity contribution < 1.29 is 55.4 Å². The van der Waals surface area contributed by atoms with Crippen molar-refractivity contribution in [3.8, 4) is 11.1 Å². The molecule has 2 aromatic carbocycles. The number of allylic oxidation sites excluding steroid dienone is 2. The Bertz CT molecular complexity index is 2640. The number of nitrogens with zero attached hydrogens (tertiary/aromatic N) is 5. The first-order valence-corrected chi connectivity index (χ1v) is 24.2. The lowest BCUT2D eigenvalue weighted by Crippen LogP contribution is -2.62. The van der Waals surface area contributed by atoms with Gasteiger partial charge in [0.2, 0.25) is 17.7 Å². The van der Waals surface area contributed by atoms with Gasteiger partial charge >= 0.3 is 12.1 Å². The lowest BCUT2D eigenvalue weighted by atomic mass is 9.84. The second-order valence-electron chi connectivity index (χ2n) is 19.9. The number of benzene rings is 2. The first kappa shape index (κ1) is 55.1. The van der Waals surface area contributed by atoms with Crippen LogP contribution in [0.5, 0.6) is 0 Å². The van der Waals surface area contributed by atoms with Crippen molar-refractivity contribution in [2.45, 2.75) is 117 Å². The van der Waals surface area contributed by atoms with Crippen LogP contribution in [0.15, 0.2) is 72.4 Å². The summed E-state index contributed by atoms with van der Waals surface area (Å²) in [6.07, 6.45) is -3.60. The van der Waals surface area contributed by atoms with E-state index in [1.54, 1.807) is 59.7 Å². The fraction of sp³-hybridized carbons (Fsp3) is 0.509. The zero-order valence-corrected chi connectivity index (χ0v) is 42.2. The number of nitrogens with one attached hydrogen (secondary N) is 2. The number of alkyl halides is 5. The third-order valence-electron chi connectivity index (χ3n) is 13.6. The number of halogens is 5. The number of cyclic esters (lactones) is 1. The van der Waals surface area contributed by atoms with E-state index < -0.39 is 84.0 Å². The van der Waals surface area contributed by atoms with Gasteiger partial charge in [0.15, 0.2) is 0 Å². The van der Waals surface area contributed by atoms with Crippen LogP contribution in [-0.4, -0.2) is 126 Å². The minimum Gasteiger partial charge on any atom is -0.464 e. The highest BCUT2D eigenvalue weighted by atomic mass is 19.4. The number of aliphatic imine (C=N–C) groups is 1. The summed E-state index contributed by atoms with van der Waals surface area (Å²) in [7, 11) is 2.93. The smallest absolute Gasteiger partial charge is 0.406 e. The van der Waals surface area contributed by atoms with Gasteiger partial charge in [-0.3, -0.25) is 34.0 Å². The number of carbonyl (C=O) groups excluding carboxylic acids is 5. The molecule has 72 heavy (non-hydrogen) atoms. The summed E-state index contributed by atoms with van der Waals surface area (Å²) in [4.78, 5) is 76.9. The van der Waals surface area contributed by atoms with Crippen LogP contribution in [0.3, 0.4) is 0 Å². The number of aromatic nitrogens is 1. The summed E-state index contributed by atoms with van der Waals surface area (Å²) in [6, 6.07) is 5.23. The van der Waals surface area contributed by atoms with Crippen molar-refractivity contribution in [1.82, 2.24) is 30.1 Å². The molecule has 0 radical (unpaired) electrons. The van der Waals surface area contributed by atoms with Gasteiger partial charge < -0.3 is 29.2 Å². The van der Waals surface area contributed by atoms with Crippen LogP contribution in [0.2, 0.25) is 0 Å². The number of methoxy groups -OCH3 is 1. The van der Waals surface area contributed by atoms with Crippen molar-refractivity contribution in [3.05, 3.63) is 89.8 Å². The van der Waals surface area contributed by atoms with Crippen LogP contribution in [0.4, 0.5) is 22.0 Å². The number of likely N-dealkylation sites (tertiary alicyclic amines) is 1. The molecule has 2 saturated heterocycles. The zero-order valence-electron chi connectivity index (χ0n) is 42.2. The van der Waals surface area contributed by atoms with E-state index in [1.165, 1.54) is 65.5 Å². The van der Waals surface area contributed by atoms with Crippen LogP contribution in [0, 0.1) is 17.3 Å². The Hall–Kier alpha value is -6.21. The predicted molar refractivity (Wildman–Crippen MR) is 264 cm³/mol. The Morgan fingerprint density at radius 1 is 1.04 bits per heavy atom. The van der Waals surface area contributed by atoms with E-state index in [9.17, 15) is 37.1 Å². The molecule has 2 N–H and O–H groups in total. The molecular formula is C53H66F5N7O7. The van der Waals surface area contributed by atoms with Crippen LogP contribution in [0.1, 0.15) is 89.6 Å². The molecule has 0 saturated carbocycles. The van der Waals surface area contributed by atoms with Gasteiger partial charge in [-0.25, -0.2) is 14.2 Å². The lowest BCUT2D eigenvalue weighted by molar-refractivity contribution is -0.155. The van der Waals surface area contributed by atoms with Gasteiger partial charge in [0.25, 0.3) is 12.3 Å². The Kier molecular flexibility index (Phi) is 17.4. The van der Waals surface area contributed by atoms with Gasteiger partial charge in [-0.05, 0) is 92.0 Å². The fourth-order valence-corrected chi connectivity index (χ4v) is 10.1. The number of hydrazine groups is 1. The van der Waals surface area contributed by atoms with E-state index in [2.05, 4.69) is 28.9 Å². The van der Waals surface area contributed by atoms with Gasteiger partial charge in [-0.15, -0.1) is 0 Å². The first-order valence-electron chi connectivity index (χ1n) is 24.2. The van der Waals surface area contributed by atoms with Crippen LogP contribution < -0.4 is 10.7 Å². The molecule has 2 fully saturated rings. The van der Waals surface area contributed by atoms with Crippen molar-refractivity contribution in [2.75, 3.05) is 40.4 Å². The summed E-state index contributed by atoms with van der Waals surface area (Å²) in [6.45, 7) is 16.9. The summed E-state index contributed by atoms with van der Waals surface area (Å²) >= 11 is 0. The van der Waals surface area contributed by atoms with E-state index in [4.69, 9.17) is 9.47 Å². The molecule has 3 aliphatic heterocycles. The minimum absolute atomic E-state index is 0.0564. The predicted octanol–water partition coefficient (Wildman–Crippen LogP) is 8.00. The minimum atomic E-state index is -4.71. The van der Waals surface area contributed by atoms with Crippen LogP contribution in [0.25, 0.3) is 27.6 Å². The maximum atomic E-state index is 15.0. The molecule has 3 aromatic rings. The zero-order chi connectivity index (χ0) is 53.0. The number of hydrogen-bond acceptors (Lipinski definition) is 9. The molecule has 14 nitrogen and oxygen atoms in total. The maximum absolute atomic E-state index is 15.0. The summed E-state index contributed by atoms with van der Waals surface area (Å²) in [5.74, 6) is -3.85. The molecule has 0 spiro atoms. The van der Waals surface area contributed by atoms with Gasteiger partial charge in [0.1, 0.15) is 24.7 Å². The first-order chi connectivity index (χ1) is 33.9. The highest BCUT2D eigenvalue weighted by Crippen LogP contribution is 2.42. The number of esters is 1. The van der Waals surface area contributed by atoms with Gasteiger partial charge in [-0.1, -0.05) is 65.1 Å². The number of ether oxygens (including phenoxy) is 2. The third-order valence-corrected chi connectivity index (χ3v) is 13.6. The van der Waals surface area contributed by atoms with Gasteiger partial charge in [0, 0.05) is 73.9 Å². The summed E-state index contributed by atoms with van der Waals surface area (Å²) in [5.41, 5.74) is 3.78. The number of carbonyl (C=O) groups is 5. The standard InChI is InChI=1S/C53H66F5N7O7/c1-11-37(44(59-13-3)31(6)71-10)46-39-26-52(7,8)29-72-51(70)40-15-14-19-65(61-40)50(69)41(60-48(67)45(30(4)5)62(9)49(68)34-18-20-63(27-34)43(66)12-2)23-32-21-35(24-36(22-32)47(54)55)33-16-17-42(38(39)25-33)64(46)28-53(56,57)58/h11-13,16-17,21-22,24-25,30-31,34,40-41,45,47,61H,1-2,14-15,18-20,23,26-29H2,3-10H3,(H,60,67)/b44-37+,59-13-/t31-,34-,40-,41-,45-/m0/s1. The second kappa shape index (κ2) is 22.7. The topological polar surface area (TPSA) is 155 Å². The number of fused-ring (bicyclic) bond motifs is 6. The average molecular weight is 1010 g/mol. The number of hydrogen-bond donors (Lipinski definition) is 2. The average Bonchev–Trinajstić information content (AvgIpc) is 3.94. The van der Waals surface area contributed by atoms with Crippen LogP contribution in [-0.2, 0) is 52.8 Å². The summed E-state index contributed by atoms with van der Waals surface area (Å²) < 4.78 is 87.1. The molecule has 6 rings (SSSR count). The summed E-state index contributed by atoms with van der Waals surface area (Å²) in [5, 5.41) is 4.41. The van der Waals surface area contributed by atoms with Gasteiger partial charge in [0.05, 0.1) is 30.0 Å². The van der Waals surface area contributed by atoms with Crippen molar-refractivity contribution in [1.29, 1.82) is 0 Å². The quantitative estimate of drug-likeness (QED) is 0.0575. The number of likely N-dealkylation sites (N-methyl/N-ethyl adjacent to an activating group) is 1. The fourth-order valence-electron chi connectivity index (χ4n) is 10.1. The molecule has 19 heteroatoms.